The average Bonchev–Trinajstić information content (AvgIpc) is 3.05. The van der Waals surface area contributed by atoms with Gasteiger partial charge in [-0.3, -0.25) is 9.59 Å². The number of carbonyl (C=O) groups is 1. The number of nitrogens with zero attached hydrogens (tertiary/aromatic N) is 1. The molecule has 6 heteroatoms. The number of carbonyl (C=O) groups excluding carboxylic acids is 1. The lowest BCUT2D eigenvalue weighted by molar-refractivity contribution is 0.0822. The van der Waals surface area contributed by atoms with Gasteiger partial charge in [-0.15, -0.1) is 0 Å². The van der Waals surface area contributed by atoms with Crippen molar-refractivity contribution in [2.75, 3.05) is 14.1 Å². The van der Waals surface area contributed by atoms with Gasteiger partial charge in [-0.25, -0.2) is 0 Å². The molecule has 1 amide bonds. The van der Waals surface area contributed by atoms with Gasteiger partial charge < -0.3 is 19.6 Å². The van der Waals surface area contributed by atoms with Crippen LogP contribution in [0.5, 0.6) is 11.5 Å². The Morgan fingerprint density at radius 3 is 2.38 bits per heavy atom. The molecule has 0 aliphatic heterocycles. The minimum Gasteiger partial charge on any atom is -0.457 e. The van der Waals surface area contributed by atoms with Crippen molar-refractivity contribution >= 4 is 16.7 Å². The fraction of sp³-hybridized carbons (Fsp3) is 0.130. The number of benzene rings is 2. The largest absolute Gasteiger partial charge is 0.457 e. The summed E-state index contributed by atoms with van der Waals surface area (Å²) in [5.74, 6) is 1.11. The summed E-state index contributed by atoms with van der Waals surface area (Å²) in [6.45, 7) is 1.84. The molecular formula is C23H21N3O3. The van der Waals surface area contributed by atoms with Crippen LogP contribution in [0.1, 0.15) is 16.2 Å². The number of ether oxygens (including phenoxy) is 1. The van der Waals surface area contributed by atoms with Crippen LogP contribution in [0.15, 0.2) is 65.5 Å². The van der Waals surface area contributed by atoms with Gasteiger partial charge in [-0.1, -0.05) is 30.3 Å². The maximum Gasteiger partial charge on any atom is 0.269 e. The molecule has 29 heavy (non-hydrogen) atoms. The Morgan fingerprint density at radius 1 is 0.966 bits per heavy atom. The van der Waals surface area contributed by atoms with Crippen LogP contribution in [0, 0.1) is 6.92 Å². The van der Waals surface area contributed by atoms with E-state index in [2.05, 4.69) is 9.97 Å². The number of aryl methyl sites for hydroxylation is 1. The number of nitrogens with one attached hydrogen (secondary N) is 2. The first kappa shape index (κ1) is 18.6. The van der Waals surface area contributed by atoms with Crippen LogP contribution in [0.3, 0.4) is 0 Å². The molecule has 6 nitrogen and oxygen atoms in total. The zero-order valence-electron chi connectivity index (χ0n) is 16.4. The standard InChI is InChI=1S/C23H21N3O3/c1-14-20-17(13-18(25-22(20)27)23(28)26(2)3)21(24-14)16-11-7-8-12-19(16)29-15-9-5-4-6-10-15/h4-13,24H,1-3H3,(H,25,27). The summed E-state index contributed by atoms with van der Waals surface area (Å²) in [5.41, 5.74) is 2.23. The Morgan fingerprint density at radius 2 is 1.66 bits per heavy atom. The van der Waals surface area contributed by atoms with Crippen molar-refractivity contribution in [1.29, 1.82) is 0 Å². The first-order valence-corrected chi connectivity index (χ1v) is 9.25. The minimum atomic E-state index is -0.297. The number of hydrogen-bond donors (Lipinski definition) is 2. The maximum atomic E-state index is 12.7. The fourth-order valence-electron chi connectivity index (χ4n) is 3.39. The van der Waals surface area contributed by atoms with Crippen molar-refractivity contribution in [3.63, 3.8) is 0 Å². The minimum absolute atomic E-state index is 0.245. The van der Waals surface area contributed by atoms with E-state index < -0.39 is 0 Å². The lowest BCUT2D eigenvalue weighted by Crippen LogP contribution is -2.25. The monoisotopic (exact) mass is 387 g/mol. The van der Waals surface area contributed by atoms with E-state index in [1.165, 1.54) is 4.90 Å². The third-order valence-electron chi connectivity index (χ3n) is 4.75. The van der Waals surface area contributed by atoms with Crippen LogP contribution in [-0.2, 0) is 0 Å². The Bertz CT molecular complexity index is 1250. The van der Waals surface area contributed by atoms with Crippen LogP contribution in [0.4, 0.5) is 0 Å². The topological polar surface area (TPSA) is 78.2 Å². The molecule has 0 atom stereocenters. The molecule has 0 bridgehead atoms. The molecule has 4 aromatic rings. The van der Waals surface area contributed by atoms with E-state index in [1.807, 2.05) is 61.5 Å². The highest BCUT2D eigenvalue weighted by atomic mass is 16.5. The molecule has 0 saturated heterocycles. The zero-order chi connectivity index (χ0) is 20.5. The van der Waals surface area contributed by atoms with E-state index in [-0.39, 0.29) is 17.2 Å². The van der Waals surface area contributed by atoms with E-state index in [4.69, 9.17) is 4.74 Å². The smallest absolute Gasteiger partial charge is 0.269 e. The predicted molar refractivity (Wildman–Crippen MR) is 114 cm³/mol. The molecule has 0 aliphatic rings. The quantitative estimate of drug-likeness (QED) is 0.547. The third kappa shape index (κ3) is 3.40. The summed E-state index contributed by atoms with van der Waals surface area (Å²) in [6, 6.07) is 18.8. The van der Waals surface area contributed by atoms with Crippen LogP contribution in [-0.4, -0.2) is 34.9 Å². The molecule has 146 valence electrons. The maximum absolute atomic E-state index is 12.7. The van der Waals surface area contributed by atoms with Gasteiger partial charge in [-0.05, 0) is 37.3 Å². The third-order valence-corrected chi connectivity index (χ3v) is 4.75. The molecule has 0 fully saturated rings. The number of aromatic amines is 2. The second-order valence-electron chi connectivity index (χ2n) is 7.04. The molecule has 0 radical (unpaired) electrons. The zero-order valence-corrected chi connectivity index (χ0v) is 16.4. The predicted octanol–water partition coefficient (Wildman–Crippen LogP) is 4.33. The van der Waals surface area contributed by atoms with Gasteiger partial charge in [0.15, 0.2) is 0 Å². The molecule has 0 saturated carbocycles. The van der Waals surface area contributed by atoms with Gasteiger partial charge in [0.1, 0.15) is 17.2 Å². The van der Waals surface area contributed by atoms with Crippen molar-refractivity contribution in [3.05, 3.63) is 82.4 Å². The number of rotatable bonds is 4. The Labute approximate surface area is 167 Å². The summed E-state index contributed by atoms with van der Waals surface area (Å²) >= 11 is 0. The lowest BCUT2D eigenvalue weighted by atomic mass is 10.1. The van der Waals surface area contributed by atoms with Gasteiger partial charge in [0.25, 0.3) is 11.5 Å². The highest BCUT2D eigenvalue weighted by Gasteiger charge is 2.19. The van der Waals surface area contributed by atoms with Crippen molar-refractivity contribution in [1.82, 2.24) is 14.9 Å². The van der Waals surface area contributed by atoms with E-state index in [0.717, 1.165) is 17.0 Å². The van der Waals surface area contributed by atoms with Crippen LogP contribution in [0.2, 0.25) is 0 Å². The first-order valence-electron chi connectivity index (χ1n) is 9.25. The van der Waals surface area contributed by atoms with Crippen LogP contribution < -0.4 is 10.3 Å². The molecule has 4 rings (SSSR count). The summed E-state index contributed by atoms with van der Waals surface area (Å²) in [7, 11) is 3.30. The van der Waals surface area contributed by atoms with Crippen LogP contribution in [0.25, 0.3) is 22.0 Å². The number of hydrogen-bond acceptors (Lipinski definition) is 3. The SMILES string of the molecule is Cc1[nH]c(-c2ccccc2Oc2ccccc2)c2cc(C(=O)N(C)C)[nH]c(=O)c12. The van der Waals surface area contributed by atoms with Gasteiger partial charge >= 0.3 is 0 Å². The van der Waals surface area contributed by atoms with E-state index >= 15 is 0 Å². The Balaban J connectivity index is 1.91. The van der Waals surface area contributed by atoms with Gasteiger partial charge in [0.05, 0.1) is 11.1 Å². The van der Waals surface area contributed by atoms with Crippen molar-refractivity contribution in [2.45, 2.75) is 6.92 Å². The molecule has 0 spiro atoms. The van der Waals surface area contributed by atoms with Gasteiger partial charge in [-0.2, -0.15) is 0 Å². The van der Waals surface area contributed by atoms with Crippen LogP contribution >= 0.6 is 0 Å². The molecule has 0 aliphatic carbocycles. The van der Waals surface area contributed by atoms with E-state index in [0.29, 0.717) is 22.3 Å². The summed E-state index contributed by atoms with van der Waals surface area (Å²) in [4.78, 5) is 32.5. The number of para-hydroxylation sites is 2. The molecular weight excluding hydrogens is 366 g/mol. The van der Waals surface area contributed by atoms with E-state index in [1.54, 1.807) is 20.2 Å². The number of H-pyrrole nitrogens is 2. The highest BCUT2D eigenvalue weighted by Crippen LogP contribution is 2.37. The Hall–Kier alpha value is -3.80. The van der Waals surface area contributed by atoms with E-state index in [9.17, 15) is 9.59 Å². The van der Waals surface area contributed by atoms with Crippen molar-refractivity contribution in [2.24, 2.45) is 0 Å². The normalized spacial score (nSPS) is 10.9. The lowest BCUT2D eigenvalue weighted by Gasteiger charge is -2.12. The second-order valence-corrected chi connectivity index (χ2v) is 7.04. The second kappa shape index (κ2) is 7.31. The summed E-state index contributed by atoms with van der Waals surface area (Å²) in [5, 5.41) is 1.21. The fourth-order valence-corrected chi connectivity index (χ4v) is 3.39. The molecule has 0 unspecified atom stereocenters. The highest BCUT2D eigenvalue weighted by molar-refractivity contribution is 6.02. The molecule has 2 N–H and O–H groups in total. The van der Waals surface area contributed by atoms with Crippen molar-refractivity contribution in [3.8, 4) is 22.8 Å². The molecule has 2 aromatic carbocycles. The number of pyridine rings is 1. The number of aromatic nitrogens is 2. The van der Waals surface area contributed by atoms with Gasteiger partial charge in [0, 0.05) is 30.7 Å². The molecule has 2 aromatic heterocycles. The summed E-state index contributed by atoms with van der Waals surface area (Å²) < 4.78 is 6.09. The van der Waals surface area contributed by atoms with Gasteiger partial charge in [0.2, 0.25) is 0 Å². The average molecular weight is 387 g/mol. The van der Waals surface area contributed by atoms with Crippen molar-refractivity contribution < 1.29 is 9.53 Å². The molecule has 2 heterocycles. The summed E-state index contributed by atoms with van der Waals surface area (Å²) in [6.07, 6.45) is 0. The number of amides is 1. The number of fused-ring (bicyclic) bond motifs is 1. The Kier molecular flexibility index (Phi) is 4.68. The first-order chi connectivity index (χ1) is 14.0.